The molecule has 2 unspecified atom stereocenters. The number of alkyl halides is 3. The zero-order chi connectivity index (χ0) is 26.7. The number of halogens is 4. The smallest absolute Gasteiger partial charge is 0.379 e. The van der Waals surface area contributed by atoms with Crippen LogP contribution < -0.4 is 16.4 Å². The first kappa shape index (κ1) is 28.1. The van der Waals surface area contributed by atoms with Crippen LogP contribution in [0.1, 0.15) is 37.3 Å². The molecular weight excluding hydrogens is 484 g/mol. The Hall–Kier alpha value is -2.44. The third-order valence-electron chi connectivity index (χ3n) is 7.33. The molecule has 36 heavy (non-hydrogen) atoms. The Kier molecular flexibility index (Phi) is 8.84. The van der Waals surface area contributed by atoms with Crippen molar-refractivity contribution < 1.29 is 36.6 Å². The van der Waals surface area contributed by atoms with Crippen molar-refractivity contribution in [3.05, 3.63) is 35.1 Å². The SMILES string of the molecule is COC1COCCC1N[C@@H]1C[C@@H](C)[C@](CN(C)C(N)=O)(C(=O)NCc2cc(F)cc(C(F)(F)F)c2)C1. The third kappa shape index (κ3) is 6.46. The zero-order valence-corrected chi connectivity index (χ0v) is 20.7. The highest BCUT2D eigenvalue weighted by atomic mass is 19.4. The van der Waals surface area contributed by atoms with E-state index in [0.717, 1.165) is 18.6 Å². The summed E-state index contributed by atoms with van der Waals surface area (Å²) in [5.74, 6) is -1.66. The van der Waals surface area contributed by atoms with Gasteiger partial charge in [-0.3, -0.25) is 4.79 Å². The van der Waals surface area contributed by atoms with Crippen LogP contribution in [0.25, 0.3) is 0 Å². The predicted octanol–water partition coefficient (Wildman–Crippen LogP) is 2.65. The molecule has 0 aromatic heterocycles. The number of nitrogens with two attached hydrogens (primary N) is 1. The molecule has 0 spiro atoms. The average molecular weight is 519 g/mol. The monoisotopic (exact) mass is 518 g/mol. The van der Waals surface area contributed by atoms with Crippen molar-refractivity contribution in [2.45, 2.75) is 57.1 Å². The van der Waals surface area contributed by atoms with Crippen molar-refractivity contribution in [3.8, 4) is 0 Å². The number of nitrogens with zero attached hydrogens (tertiary/aromatic N) is 1. The third-order valence-corrected chi connectivity index (χ3v) is 7.33. The lowest BCUT2D eigenvalue weighted by atomic mass is 9.77. The van der Waals surface area contributed by atoms with Gasteiger partial charge in [-0.15, -0.1) is 0 Å². The standard InChI is InChI=1S/C24H34F4N4O4/c1-14-6-18(31-19-4-5-36-12-20(19)35-3)10-23(14,13-32(2)22(29)34)21(33)30-11-15-7-16(24(26,27)28)9-17(25)8-15/h7-9,14,18-20,31H,4-6,10-13H2,1-3H3,(H2,29,34)(H,30,33)/t14-,18-,19?,20?,23+/m1/s1. The average Bonchev–Trinajstić information content (AvgIpc) is 3.12. The van der Waals surface area contributed by atoms with Crippen LogP contribution in [-0.2, 0) is 27.0 Å². The maximum atomic E-state index is 13.8. The van der Waals surface area contributed by atoms with E-state index in [1.807, 2.05) is 6.92 Å². The van der Waals surface area contributed by atoms with E-state index < -0.39 is 34.9 Å². The van der Waals surface area contributed by atoms with Gasteiger partial charge in [0.25, 0.3) is 0 Å². The number of nitrogens with one attached hydrogen (secondary N) is 2. The van der Waals surface area contributed by atoms with Crippen molar-refractivity contribution in [1.29, 1.82) is 0 Å². The molecule has 202 valence electrons. The van der Waals surface area contributed by atoms with Gasteiger partial charge in [-0.1, -0.05) is 6.92 Å². The van der Waals surface area contributed by atoms with Crippen LogP contribution in [0.4, 0.5) is 22.4 Å². The number of primary amides is 1. The minimum Gasteiger partial charge on any atom is -0.379 e. The topological polar surface area (TPSA) is 106 Å². The molecule has 4 N–H and O–H groups in total. The molecule has 2 aliphatic rings. The van der Waals surface area contributed by atoms with Crippen LogP contribution in [0.3, 0.4) is 0 Å². The Bertz CT molecular complexity index is 947. The number of carbonyl (C=O) groups excluding carboxylic acids is 2. The minimum atomic E-state index is -4.71. The molecule has 8 nitrogen and oxygen atoms in total. The van der Waals surface area contributed by atoms with Crippen LogP contribution in [0.2, 0.25) is 0 Å². The lowest BCUT2D eigenvalue weighted by molar-refractivity contribution is -0.137. The Morgan fingerprint density at radius 1 is 1.31 bits per heavy atom. The van der Waals surface area contributed by atoms with E-state index in [1.54, 1.807) is 7.11 Å². The highest BCUT2D eigenvalue weighted by molar-refractivity contribution is 5.84. The second kappa shape index (κ2) is 11.3. The minimum absolute atomic E-state index is 0.0143. The molecule has 1 saturated carbocycles. The lowest BCUT2D eigenvalue weighted by Crippen LogP contribution is -2.53. The zero-order valence-electron chi connectivity index (χ0n) is 20.7. The summed E-state index contributed by atoms with van der Waals surface area (Å²) in [5, 5.41) is 6.25. The number of carbonyl (C=O) groups is 2. The summed E-state index contributed by atoms with van der Waals surface area (Å²) in [7, 11) is 3.11. The number of rotatable bonds is 8. The molecule has 2 fully saturated rings. The van der Waals surface area contributed by atoms with Crippen LogP contribution in [0.5, 0.6) is 0 Å². The normalized spacial score (nSPS) is 28.6. The Morgan fingerprint density at radius 2 is 2.03 bits per heavy atom. The summed E-state index contributed by atoms with van der Waals surface area (Å²) >= 11 is 0. The number of urea groups is 1. The summed E-state index contributed by atoms with van der Waals surface area (Å²) in [5.41, 5.74) is 3.25. The molecule has 3 amide bonds. The van der Waals surface area contributed by atoms with E-state index in [-0.39, 0.29) is 42.8 Å². The van der Waals surface area contributed by atoms with E-state index in [0.29, 0.717) is 32.1 Å². The molecule has 1 aliphatic carbocycles. The van der Waals surface area contributed by atoms with E-state index in [9.17, 15) is 27.2 Å². The van der Waals surface area contributed by atoms with Gasteiger partial charge in [-0.2, -0.15) is 13.2 Å². The van der Waals surface area contributed by atoms with Gasteiger partial charge >= 0.3 is 12.2 Å². The first-order valence-corrected chi connectivity index (χ1v) is 11.9. The second-order valence-electron chi connectivity index (χ2n) is 9.83. The summed E-state index contributed by atoms with van der Waals surface area (Å²) in [4.78, 5) is 26.6. The first-order valence-electron chi connectivity index (χ1n) is 11.9. The number of methoxy groups -OCH3 is 1. The molecule has 1 aromatic carbocycles. The molecule has 3 rings (SSSR count). The van der Waals surface area contributed by atoms with Crippen molar-refractivity contribution >= 4 is 11.9 Å². The highest BCUT2D eigenvalue weighted by Crippen LogP contribution is 2.45. The number of ether oxygens (including phenoxy) is 2. The van der Waals surface area contributed by atoms with Gasteiger partial charge in [0.05, 0.1) is 23.7 Å². The fourth-order valence-electron chi connectivity index (χ4n) is 5.33. The quantitative estimate of drug-likeness (QED) is 0.459. The predicted molar refractivity (Wildman–Crippen MR) is 123 cm³/mol. The Morgan fingerprint density at radius 3 is 2.67 bits per heavy atom. The van der Waals surface area contributed by atoms with Crippen molar-refractivity contribution in [2.75, 3.05) is 33.9 Å². The molecule has 12 heteroatoms. The van der Waals surface area contributed by atoms with Crippen molar-refractivity contribution in [1.82, 2.24) is 15.5 Å². The van der Waals surface area contributed by atoms with Gasteiger partial charge in [0, 0.05) is 45.9 Å². The summed E-state index contributed by atoms with van der Waals surface area (Å²) in [6.45, 7) is 2.69. The van der Waals surface area contributed by atoms with Crippen LogP contribution in [0.15, 0.2) is 18.2 Å². The van der Waals surface area contributed by atoms with Crippen LogP contribution >= 0.6 is 0 Å². The molecule has 1 aliphatic heterocycles. The van der Waals surface area contributed by atoms with Crippen molar-refractivity contribution in [3.63, 3.8) is 0 Å². The molecule has 0 bridgehead atoms. The van der Waals surface area contributed by atoms with Gasteiger partial charge in [-0.25, -0.2) is 9.18 Å². The summed E-state index contributed by atoms with van der Waals surface area (Å²) < 4.78 is 64.1. The maximum Gasteiger partial charge on any atom is 0.416 e. The Balaban J connectivity index is 1.78. The van der Waals surface area contributed by atoms with Gasteiger partial charge in [0.2, 0.25) is 5.91 Å². The van der Waals surface area contributed by atoms with Gasteiger partial charge in [0.1, 0.15) is 5.82 Å². The maximum absolute atomic E-state index is 13.8. The number of hydrogen-bond donors (Lipinski definition) is 3. The fraction of sp³-hybridized carbons (Fsp3) is 0.667. The molecule has 1 heterocycles. The first-order chi connectivity index (χ1) is 16.9. The van der Waals surface area contributed by atoms with E-state index in [4.69, 9.17) is 15.2 Å². The largest absolute Gasteiger partial charge is 0.416 e. The Labute approximate surface area is 207 Å². The van der Waals surface area contributed by atoms with Crippen molar-refractivity contribution in [2.24, 2.45) is 17.1 Å². The molecule has 1 aromatic rings. The van der Waals surface area contributed by atoms with Crippen LogP contribution in [0, 0.1) is 17.2 Å². The number of hydrogen-bond acceptors (Lipinski definition) is 5. The summed E-state index contributed by atoms with van der Waals surface area (Å²) in [6, 6.07) is 1.43. The van der Waals surface area contributed by atoms with E-state index in [2.05, 4.69) is 10.6 Å². The summed E-state index contributed by atoms with van der Waals surface area (Å²) in [6.07, 6.45) is -3.10. The van der Waals surface area contributed by atoms with Gasteiger partial charge in [0.15, 0.2) is 0 Å². The number of amides is 3. The highest BCUT2D eigenvalue weighted by Gasteiger charge is 2.52. The number of benzene rings is 1. The van der Waals surface area contributed by atoms with E-state index in [1.165, 1.54) is 11.9 Å². The molecular formula is C24H34F4N4O4. The lowest BCUT2D eigenvalue weighted by Gasteiger charge is -2.36. The fourth-order valence-corrected chi connectivity index (χ4v) is 5.33. The molecule has 0 radical (unpaired) electrons. The van der Waals surface area contributed by atoms with E-state index >= 15 is 0 Å². The second-order valence-corrected chi connectivity index (χ2v) is 9.83. The van der Waals surface area contributed by atoms with Gasteiger partial charge in [-0.05, 0) is 48.9 Å². The molecule has 5 atom stereocenters. The van der Waals surface area contributed by atoms with Gasteiger partial charge < -0.3 is 30.7 Å². The molecule has 1 saturated heterocycles. The van der Waals surface area contributed by atoms with Crippen LogP contribution in [-0.4, -0.2) is 68.9 Å².